The Bertz CT molecular complexity index is 243. The van der Waals surface area contributed by atoms with Crippen LogP contribution in [0.2, 0.25) is 0 Å². The SMILES string of the molecule is CCC(=CCOCCC(C)(C)OC)C(=O)O. The molecule has 0 fully saturated rings. The van der Waals surface area contributed by atoms with E-state index >= 15 is 0 Å². The Balaban J connectivity index is 3.79. The van der Waals surface area contributed by atoms with E-state index in [4.69, 9.17) is 14.6 Å². The van der Waals surface area contributed by atoms with E-state index in [2.05, 4.69) is 0 Å². The number of aliphatic carboxylic acids is 1. The van der Waals surface area contributed by atoms with Gasteiger partial charge in [0, 0.05) is 19.3 Å². The zero-order valence-corrected chi connectivity index (χ0v) is 10.6. The van der Waals surface area contributed by atoms with Crippen molar-refractivity contribution in [3.63, 3.8) is 0 Å². The monoisotopic (exact) mass is 230 g/mol. The number of carboxylic acid groups (broad SMARTS) is 1. The zero-order valence-electron chi connectivity index (χ0n) is 10.6. The number of hydrogen-bond donors (Lipinski definition) is 1. The van der Waals surface area contributed by atoms with Crippen LogP contribution in [0.25, 0.3) is 0 Å². The van der Waals surface area contributed by atoms with E-state index in [1.54, 1.807) is 13.2 Å². The Morgan fingerprint density at radius 2 is 2.06 bits per heavy atom. The summed E-state index contributed by atoms with van der Waals surface area (Å²) in [5.41, 5.74) is 0.204. The Kier molecular flexibility index (Phi) is 7.01. The van der Waals surface area contributed by atoms with E-state index in [1.807, 2.05) is 20.8 Å². The summed E-state index contributed by atoms with van der Waals surface area (Å²) in [7, 11) is 1.67. The Labute approximate surface area is 97.2 Å². The molecule has 0 heterocycles. The van der Waals surface area contributed by atoms with Gasteiger partial charge in [-0.1, -0.05) is 6.92 Å². The van der Waals surface area contributed by atoms with Crippen LogP contribution in [0, 0.1) is 0 Å². The van der Waals surface area contributed by atoms with E-state index < -0.39 is 5.97 Å². The molecule has 0 saturated heterocycles. The van der Waals surface area contributed by atoms with Crippen LogP contribution in [0.5, 0.6) is 0 Å². The van der Waals surface area contributed by atoms with Gasteiger partial charge in [0.2, 0.25) is 0 Å². The molecule has 0 bridgehead atoms. The Morgan fingerprint density at radius 1 is 1.44 bits per heavy atom. The molecule has 1 N–H and O–H groups in total. The molecule has 94 valence electrons. The number of carboxylic acids is 1. The fourth-order valence-electron chi connectivity index (χ4n) is 1.05. The highest BCUT2D eigenvalue weighted by atomic mass is 16.5. The van der Waals surface area contributed by atoms with Gasteiger partial charge in [0.15, 0.2) is 0 Å². The maximum Gasteiger partial charge on any atom is 0.331 e. The molecular weight excluding hydrogens is 208 g/mol. The van der Waals surface area contributed by atoms with E-state index in [0.29, 0.717) is 25.2 Å². The first-order valence-electron chi connectivity index (χ1n) is 5.48. The lowest BCUT2D eigenvalue weighted by molar-refractivity contribution is -0.132. The molecule has 16 heavy (non-hydrogen) atoms. The van der Waals surface area contributed by atoms with Crippen molar-refractivity contribution in [2.24, 2.45) is 0 Å². The van der Waals surface area contributed by atoms with Gasteiger partial charge in [0.1, 0.15) is 0 Å². The molecule has 0 aromatic carbocycles. The molecule has 0 unspecified atom stereocenters. The number of methoxy groups -OCH3 is 1. The highest BCUT2D eigenvalue weighted by Crippen LogP contribution is 2.12. The molecule has 4 nitrogen and oxygen atoms in total. The fraction of sp³-hybridized carbons (Fsp3) is 0.750. The lowest BCUT2D eigenvalue weighted by Gasteiger charge is -2.22. The van der Waals surface area contributed by atoms with Crippen molar-refractivity contribution in [2.75, 3.05) is 20.3 Å². The smallest absolute Gasteiger partial charge is 0.331 e. The molecule has 0 aliphatic carbocycles. The first-order valence-corrected chi connectivity index (χ1v) is 5.48. The van der Waals surface area contributed by atoms with Crippen molar-refractivity contribution in [3.8, 4) is 0 Å². The molecular formula is C12H22O4. The third-order valence-electron chi connectivity index (χ3n) is 2.50. The molecule has 0 spiro atoms. The van der Waals surface area contributed by atoms with Crippen LogP contribution in [0.4, 0.5) is 0 Å². The molecule has 4 heteroatoms. The summed E-state index contributed by atoms with van der Waals surface area (Å²) in [6.45, 7) is 6.69. The van der Waals surface area contributed by atoms with Crippen LogP contribution in [0.15, 0.2) is 11.6 Å². The standard InChI is InChI=1S/C12H22O4/c1-5-10(11(13)14)6-8-16-9-7-12(2,3)15-4/h6H,5,7-9H2,1-4H3,(H,13,14). The van der Waals surface area contributed by atoms with Crippen molar-refractivity contribution in [1.82, 2.24) is 0 Å². The lowest BCUT2D eigenvalue weighted by atomic mass is 10.1. The third-order valence-corrected chi connectivity index (χ3v) is 2.50. The number of hydrogen-bond acceptors (Lipinski definition) is 3. The van der Waals surface area contributed by atoms with Gasteiger partial charge in [-0.05, 0) is 32.8 Å². The van der Waals surface area contributed by atoms with Crippen molar-refractivity contribution in [1.29, 1.82) is 0 Å². The number of carbonyl (C=O) groups is 1. The molecule has 0 aromatic heterocycles. The quantitative estimate of drug-likeness (QED) is 0.513. The zero-order chi connectivity index (χ0) is 12.6. The van der Waals surface area contributed by atoms with Gasteiger partial charge < -0.3 is 14.6 Å². The van der Waals surface area contributed by atoms with Gasteiger partial charge in [-0.25, -0.2) is 4.79 Å². The molecule has 0 atom stereocenters. The van der Waals surface area contributed by atoms with Crippen LogP contribution >= 0.6 is 0 Å². The van der Waals surface area contributed by atoms with E-state index in [1.165, 1.54) is 0 Å². The minimum absolute atomic E-state index is 0.190. The second-order valence-corrected chi connectivity index (χ2v) is 4.18. The van der Waals surface area contributed by atoms with Crippen molar-refractivity contribution < 1.29 is 19.4 Å². The fourth-order valence-corrected chi connectivity index (χ4v) is 1.05. The van der Waals surface area contributed by atoms with Crippen LogP contribution in [0.3, 0.4) is 0 Å². The molecule has 0 aliphatic heterocycles. The summed E-state index contributed by atoms with van der Waals surface area (Å²) in [4.78, 5) is 10.7. The summed E-state index contributed by atoms with van der Waals surface area (Å²) in [6.07, 6.45) is 2.91. The Morgan fingerprint density at radius 3 is 2.50 bits per heavy atom. The minimum atomic E-state index is -0.872. The largest absolute Gasteiger partial charge is 0.478 e. The maximum absolute atomic E-state index is 10.7. The summed E-state index contributed by atoms with van der Waals surface area (Å²) >= 11 is 0. The maximum atomic E-state index is 10.7. The van der Waals surface area contributed by atoms with E-state index in [9.17, 15) is 4.79 Å². The normalized spacial score (nSPS) is 12.9. The highest BCUT2D eigenvalue weighted by molar-refractivity contribution is 5.86. The molecule has 0 radical (unpaired) electrons. The summed E-state index contributed by atoms with van der Waals surface area (Å²) in [5, 5.41) is 8.75. The van der Waals surface area contributed by atoms with Crippen molar-refractivity contribution in [3.05, 3.63) is 11.6 Å². The lowest BCUT2D eigenvalue weighted by Crippen LogP contribution is -2.24. The van der Waals surface area contributed by atoms with Crippen molar-refractivity contribution >= 4 is 5.97 Å². The van der Waals surface area contributed by atoms with Gasteiger partial charge in [0.05, 0.1) is 12.2 Å². The number of ether oxygens (including phenoxy) is 2. The number of rotatable bonds is 8. The Hall–Kier alpha value is -0.870. The summed E-state index contributed by atoms with van der Waals surface area (Å²) in [6, 6.07) is 0. The van der Waals surface area contributed by atoms with E-state index in [0.717, 1.165) is 6.42 Å². The predicted molar refractivity (Wildman–Crippen MR) is 62.5 cm³/mol. The van der Waals surface area contributed by atoms with Gasteiger partial charge in [-0.3, -0.25) is 0 Å². The van der Waals surface area contributed by atoms with Crippen LogP contribution in [0.1, 0.15) is 33.6 Å². The topological polar surface area (TPSA) is 55.8 Å². The summed E-state index contributed by atoms with van der Waals surface area (Å²) in [5.74, 6) is -0.872. The second-order valence-electron chi connectivity index (χ2n) is 4.18. The molecule has 0 aromatic rings. The van der Waals surface area contributed by atoms with Crippen LogP contribution < -0.4 is 0 Å². The molecule has 0 rings (SSSR count). The van der Waals surface area contributed by atoms with Crippen LogP contribution in [-0.2, 0) is 14.3 Å². The van der Waals surface area contributed by atoms with E-state index in [-0.39, 0.29) is 5.60 Å². The van der Waals surface area contributed by atoms with Gasteiger partial charge in [0.25, 0.3) is 0 Å². The minimum Gasteiger partial charge on any atom is -0.478 e. The highest BCUT2D eigenvalue weighted by Gasteiger charge is 2.15. The molecule has 0 aliphatic rings. The van der Waals surface area contributed by atoms with Crippen molar-refractivity contribution in [2.45, 2.75) is 39.2 Å². The van der Waals surface area contributed by atoms with Gasteiger partial charge in [-0.15, -0.1) is 0 Å². The first-order chi connectivity index (χ1) is 7.43. The second kappa shape index (κ2) is 7.41. The molecule has 0 amide bonds. The van der Waals surface area contributed by atoms with Gasteiger partial charge >= 0.3 is 5.97 Å². The molecule has 0 saturated carbocycles. The van der Waals surface area contributed by atoms with Gasteiger partial charge in [-0.2, -0.15) is 0 Å². The van der Waals surface area contributed by atoms with Crippen LogP contribution in [-0.4, -0.2) is 37.0 Å². The predicted octanol–water partition coefficient (Wildman–Crippen LogP) is 2.24. The average molecular weight is 230 g/mol. The first kappa shape index (κ1) is 15.1. The summed E-state index contributed by atoms with van der Waals surface area (Å²) < 4.78 is 10.6. The average Bonchev–Trinajstić information content (AvgIpc) is 2.22. The third kappa shape index (κ3) is 6.58.